The molecular formula is C20H19N3OS. The van der Waals surface area contributed by atoms with Gasteiger partial charge in [0.15, 0.2) is 0 Å². The number of rotatable bonds is 4. The van der Waals surface area contributed by atoms with E-state index < -0.39 is 0 Å². The molecule has 0 aliphatic heterocycles. The fourth-order valence-electron chi connectivity index (χ4n) is 3.13. The zero-order chi connectivity index (χ0) is 17.1. The van der Waals surface area contributed by atoms with Gasteiger partial charge in [-0.25, -0.2) is 4.98 Å². The molecule has 0 radical (unpaired) electrons. The highest BCUT2D eigenvalue weighted by Crippen LogP contribution is 2.34. The molecule has 0 bridgehead atoms. The molecule has 1 aliphatic carbocycles. The van der Waals surface area contributed by atoms with Gasteiger partial charge in [-0.1, -0.05) is 36.4 Å². The van der Waals surface area contributed by atoms with E-state index in [9.17, 15) is 4.79 Å². The number of carbonyl (C=O) groups excluding carboxylic acids is 1. The van der Waals surface area contributed by atoms with E-state index in [4.69, 9.17) is 4.98 Å². The summed E-state index contributed by atoms with van der Waals surface area (Å²) < 4.78 is 0. The average molecular weight is 349 g/mol. The number of hydrogen-bond donors (Lipinski definition) is 1. The van der Waals surface area contributed by atoms with Crippen molar-refractivity contribution >= 4 is 17.2 Å². The third kappa shape index (κ3) is 3.61. The maximum absolute atomic E-state index is 12.5. The Balaban J connectivity index is 1.42. The molecular weight excluding hydrogens is 330 g/mol. The largest absolute Gasteiger partial charge is 0.352 e. The third-order valence-electron chi connectivity index (χ3n) is 4.50. The molecule has 126 valence electrons. The van der Waals surface area contributed by atoms with E-state index in [1.54, 1.807) is 17.5 Å². The van der Waals surface area contributed by atoms with Crippen molar-refractivity contribution < 1.29 is 4.79 Å². The number of benzene rings is 1. The van der Waals surface area contributed by atoms with Crippen LogP contribution in [0.15, 0.2) is 54.7 Å². The zero-order valence-electron chi connectivity index (χ0n) is 13.8. The van der Waals surface area contributed by atoms with Crippen LogP contribution in [0.2, 0.25) is 0 Å². The van der Waals surface area contributed by atoms with Crippen LogP contribution in [-0.2, 0) is 24.2 Å². The van der Waals surface area contributed by atoms with E-state index in [0.29, 0.717) is 6.54 Å². The van der Waals surface area contributed by atoms with Gasteiger partial charge in [-0.3, -0.25) is 9.78 Å². The van der Waals surface area contributed by atoms with E-state index in [-0.39, 0.29) is 11.8 Å². The van der Waals surface area contributed by atoms with Crippen LogP contribution < -0.4 is 5.32 Å². The quantitative estimate of drug-likeness (QED) is 0.782. The molecule has 2 aromatic heterocycles. The second-order valence-electron chi connectivity index (χ2n) is 6.25. The molecule has 0 saturated heterocycles. The molecule has 0 spiro atoms. The highest BCUT2D eigenvalue weighted by atomic mass is 32.1. The predicted octanol–water partition coefficient (Wildman–Crippen LogP) is 3.63. The number of nitrogens with one attached hydrogen (secondary N) is 1. The Hall–Kier alpha value is -2.53. The smallest absolute Gasteiger partial charge is 0.223 e. The minimum Gasteiger partial charge on any atom is -0.352 e. The fourth-order valence-corrected chi connectivity index (χ4v) is 4.29. The number of thiazole rings is 1. The van der Waals surface area contributed by atoms with Crippen LogP contribution in [0.3, 0.4) is 0 Å². The van der Waals surface area contributed by atoms with Crippen molar-refractivity contribution in [3.63, 3.8) is 0 Å². The second kappa shape index (κ2) is 7.15. The Bertz CT molecular complexity index is 861. The van der Waals surface area contributed by atoms with Crippen LogP contribution in [-0.4, -0.2) is 15.9 Å². The van der Waals surface area contributed by atoms with E-state index >= 15 is 0 Å². The lowest BCUT2D eigenvalue weighted by atomic mass is 9.90. The van der Waals surface area contributed by atoms with Gasteiger partial charge in [-0.15, -0.1) is 11.3 Å². The number of nitrogens with zero attached hydrogens (tertiary/aromatic N) is 2. The van der Waals surface area contributed by atoms with Gasteiger partial charge in [0.25, 0.3) is 0 Å². The summed E-state index contributed by atoms with van der Waals surface area (Å²) >= 11 is 1.67. The molecule has 4 nitrogen and oxygen atoms in total. The van der Waals surface area contributed by atoms with E-state index in [0.717, 1.165) is 41.2 Å². The predicted molar refractivity (Wildman–Crippen MR) is 99.1 cm³/mol. The molecule has 1 unspecified atom stereocenters. The summed E-state index contributed by atoms with van der Waals surface area (Å²) in [6.45, 7) is 0.588. The first-order valence-electron chi connectivity index (χ1n) is 8.51. The zero-order valence-corrected chi connectivity index (χ0v) is 14.6. The van der Waals surface area contributed by atoms with Crippen molar-refractivity contribution in [1.29, 1.82) is 0 Å². The van der Waals surface area contributed by atoms with Crippen LogP contribution in [0.1, 0.15) is 22.6 Å². The number of hydrogen-bond acceptors (Lipinski definition) is 4. The minimum atomic E-state index is 0.0354. The maximum atomic E-state index is 12.5. The Kier molecular flexibility index (Phi) is 4.57. The molecule has 1 amide bonds. The molecule has 25 heavy (non-hydrogen) atoms. The number of amides is 1. The van der Waals surface area contributed by atoms with Gasteiger partial charge in [0, 0.05) is 23.5 Å². The van der Waals surface area contributed by atoms with Crippen LogP contribution >= 0.6 is 11.3 Å². The molecule has 1 atom stereocenters. The van der Waals surface area contributed by atoms with Crippen LogP contribution in [0.25, 0.3) is 10.7 Å². The van der Waals surface area contributed by atoms with Crippen molar-refractivity contribution in [3.05, 3.63) is 70.9 Å². The van der Waals surface area contributed by atoms with Crippen molar-refractivity contribution in [2.75, 3.05) is 0 Å². The highest BCUT2D eigenvalue weighted by Gasteiger charge is 2.27. The Morgan fingerprint density at radius 1 is 1.16 bits per heavy atom. The van der Waals surface area contributed by atoms with Crippen LogP contribution in [0.4, 0.5) is 0 Å². The first-order chi connectivity index (χ1) is 12.3. The lowest BCUT2D eigenvalue weighted by molar-refractivity contribution is -0.125. The van der Waals surface area contributed by atoms with E-state index in [2.05, 4.69) is 10.3 Å². The molecule has 5 heteroatoms. The van der Waals surface area contributed by atoms with Gasteiger partial charge in [0.1, 0.15) is 5.01 Å². The standard InChI is InChI=1S/C20H19N3OS/c24-19(22-13-14-6-2-1-3-7-14)15-9-10-16-18(12-15)25-20(23-16)17-8-4-5-11-21-17/h1-8,11,15H,9-10,12-13H2,(H,22,24). The number of aromatic nitrogens is 2. The van der Waals surface area contributed by atoms with Crippen molar-refractivity contribution in [2.45, 2.75) is 25.8 Å². The first kappa shape index (κ1) is 16.0. The maximum Gasteiger partial charge on any atom is 0.223 e. The molecule has 0 fully saturated rings. The SMILES string of the molecule is O=C(NCc1ccccc1)C1CCc2nc(-c3ccccn3)sc2C1. The van der Waals surface area contributed by atoms with Crippen LogP contribution in [0.5, 0.6) is 0 Å². The van der Waals surface area contributed by atoms with Gasteiger partial charge < -0.3 is 5.32 Å². The number of fused-ring (bicyclic) bond motifs is 1. The Morgan fingerprint density at radius 3 is 2.80 bits per heavy atom. The monoisotopic (exact) mass is 349 g/mol. The molecule has 0 saturated carbocycles. The summed E-state index contributed by atoms with van der Waals surface area (Å²) in [4.78, 5) is 22.9. The first-order valence-corrected chi connectivity index (χ1v) is 9.33. The molecule has 1 aromatic carbocycles. The third-order valence-corrected chi connectivity index (χ3v) is 5.65. The summed E-state index contributed by atoms with van der Waals surface area (Å²) in [5.74, 6) is 0.176. The normalized spacial score (nSPS) is 16.2. The van der Waals surface area contributed by atoms with Crippen molar-refractivity contribution in [2.24, 2.45) is 5.92 Å². The van der Waals surface area contributed by atoms with Crippen LogP contribution in [0, 0.1) is 5.92 Å². The summed E-state index contributed by atoms with van der Waals surface area (Å²) in [6, 6.07) is 15.9. The Morgan fingerprint density at radius 2 is 2.00 bits per heavy atom. The molecule has 1 aliphatic rings. The van der Waals surface area contributed by atoms with Gasteiger partial charge in [0.2, 0.25) is 5.91 Å². The van der Waals surface area contributed by atoms with Crippen molar-refractivity contribution in [3.8, 4) is 10.7 Å². The van der Waals surface area contributed by atoms with Gasteiger partial charge in [0.05, 0.1) is 11.4 Å². The fraction of sp³-hybridized carbons (Fsp3) is 0.250. The summed E-state index contributed by atoms with van der Waals surface area (Å²) in [5, 5.41) is 4.03. The van der Waals surface area contributed by atoms with E-state index in [1.165, 1.54) is 4.88 Å². The summed E-state index contributed by atoms with van der Waals surface area (Å²) in [7, 11) is 0. The van der Waals surface area contributed by atoms with Gasteiger partial charge in [-0.2, -0.15) is 0 Å². The van der Waals surface area contributed by atoms with Gasteiger partial charge in [-0.05, 0) is 37.0 Å². The number of pyridine rings is 1. The molecule has 3 aromatic rings. The lowest BCUT2D eigenvalue weighted by Gasteiger charge is -2.20. The average Bonchev–Trinajstić information content (AvgIpc) is 3.11. The topological polar surface area (TPSA) is 54.9 Å². The second-order valence-corrected chi connectivity index (χ2v) is 7.33. The van der Waals surface area contributed by atoms with E-state index in [1.807, 2.05) is 48.5 Å². The van der Waals surface area contributed by atoms with Gasteiger partial charge >= 0.3 is 0 Å². The molecule has 2 heterocycles. The molecule has 1 N–H and O–H groups in total. The highest BCUT2D eigenvalue weighted by molar-refractivity contribution is 7.15. The number of aryl methyl sites for hydroxylation is 1. The summed E-state index contributed by atoms with van der Waals surface area (Å²) in [6.07, 6.45) is 4.29. The number of carbonyl (C=O) groups is 1. The van der Waals surface area contributed by atoms with Crippen molar-refractivity contribution in [1.82, 2.24) is 15.3 Å². The minimum absolute atomic E-state index is 0.0354. The molecule has 4 rings (SSSR count). The summed E-state index contributed by atoms with van der Waals surface area (Å²) in [5.41, 5.74) is 3.17. The lowest BCUT2D eigenvalue weighted by Crippen LogP contribution is -2.33. The Labute approximate surface area is 151 Å².